The highest BCUT2D eigenvalue weighted by Gasteiger charge is 2.37. The Morgan fingerprint density at radius 2 is 1.74 bits per heavy atom. The largest absolute Gasteiger partial charge is 0.490 e. The Hall–Kier alpha value is -3.68. The van der Waals surface area contributed by atoms with Crippen LogP contribution in [0, 0.1) is 11.3 Å². The first-order valence-corrected chi connectivity index (χ1v) is 14.1. The van der Waals surface area contributed by atoms with Crippen molar-refractivity contribution < 1.29 is 22.7 Å². The molecule has 2 N–H and O–H groups in total. The minimum absolute atomic E-state index is 0.168. The lowest BCUT2D eigenvalue weighted by Gasteiger charge is -2.25. The molecule has 0 radical (unpaired) electrons. The van der Waals surface area contributed by atoms with Gasteiger partial charge >= 0.3 is 0 Å². The van der Waals surface area contributed by atoms with Crippen LogP contribution in [-0.2, 0) is 19.6 Å². The molecule has 1 aliphatic heterocycles. The van der Waals surface area contributed by atoms with E-state index in [4.69, 9.17) is 14.3 Å². The Morgan fingerprint density at radius 1 is 1.00 bits per heavy atom. The third-order valence-corrected chi connectivity index (χ3v) is 7.71. The van der Waals surface area contributed by atoms with Crippen molar-refractivity contribution >= 4 is 15.7 Å². The van der Waals surface area contributed by atoms with Gasteiger partial charge in [0.25, 0.3) is 0 Å². The highest BCUT2D eigenvalue weighted by Crippen LogP contribution is 2.31. The number of nitrogens with zero attached hydrogens (tertiary/aromatic N) is 1. The van der Waals surface area contributed by atoms with E-state index in [-0.39, 0.29) is 18.1 Å². The average molecular weight is 548 g/mol. The zero-order chi connectivity index (χ0) is 28.1. The van der Waals surface area contributed by atoms with Crippen LogP contribution in [0.15, 0.2) is 83.8 Å². The molecule has 3 aromatic carbocycles. The fraction of sp³-hybridized carbons (Fsp3) is 0.300. The van der Waals surface area contributed by atoms with Crippen LogP contribution in [0.25, 0.3) is 16.8 Å². The standard InChI is InChI=1S/C30H33N3O5S/c1-5-36-20-30(18-27(32-38-30)24-10-8-9-22(17-24)19-31)21-37-25-15-13-23(14-16-25)26-11-6-7-12-28(26)39(34,35)33-29(2,3)4/h6-18,32-33H,5,20-21H2,1-4H3. The predicted molar refractivity (Wildman–Crippen MR) is 150 cm³/mol. The van der Waals surface area contributed by atoms with Crippen LogP contribution >= 0.6 is 0 Å². The Labute approximate surface area is 230 Å². The summed E-state index contributed by atoms with van der Waals surface area (Å²) in [6.07, 6.45) is 1.91. The summed E-state index contributed by atoms with van der Waals surface area (Å²) in [5.41, 5.74) is 4.93. The third-order valence-electron chi connectivity index (χ3n) is 5.89. The smallest absolute Gasteiger partial charge is 0.241 e. The summed E-state index contributed by atoms with van der Waals surface area (Å²) in [6, 6.07) is 23.6. The molecule has 0 bridgehead atoms. The fourth-order valence-electron chi connectivity index (χ4n) is 4.17. The van der Waals surface area contributed by atoms with Crippen molar-refractivity contribution in [3.05, 3.63) is 90.0 Å². The van der Waals surface area contributed by atoms with Gasteiger partial charge in [-0.05, 0) is 69.7 Å². The summed E-state index contributed by atoms with van der Waals surface area (Å²) in [4.78, 5) is 6.16. The van der Waals surface area contributed by atoms with E-state index < -0.39 is 21.2 Å². The van der Waals surface area contributed by atoms with Crippen LogP contribution in [0.2, 0.25) is 0 Å². The molecule has 0 spiro atoms. The number of sulfonamides is 1. The molecule has 1 heterocycles. The van der Waals surface area contributed by atoms with Crippen LogP contribution in [0.1, 0.15) is 38.8 Å². The highest BCUT2D eigenvalue weighted by molar-refractivity contribution is 7.89. The molecule has 1 aliphatic rings. The molecule has 1 unspecified atom stereocenters. The SMILES string of the molecule is CCOCC1(COc2ccc(-c3ccccc3S(=O)(=O)NC(C)(C)C)cc2)C=C(c2cccc(C#N)c2)NO1. The van der Waals surface area contributed by atoms with Crippen molar-refractivity contribution in [3.8, 4) is 22.9 Å². The maximum absolute atomic E-state index is 13.1. The lowest BCUT2D eigenvalue weighted by molar-refractivity contribution is -0.101. The Balaban J connectivity index is 1.53. The van der Waals surface area contributed by atoms with Gasteiger partial charge in [-0.3, -0.25) is 10.3 Å². The minimum atomic E-state index is -3.72. The Kier molecular flexibility index (Phi) is 8.42. The van der Waals surface area contributed by atoms with Gasteiger partial charge in [-0.15, -0.1) is 0 Å². The molecule has 204 valence electrons. The topological polar surface area (TPSA) is 110 Å². The summed E-state index contributed by atoms with van der Waals surface area (Å²) in [6.45, 7) is 8.28. The number of nitriles is 1. The van der Waals surface area contributed by atoms with Crippen molar-refractivity contribution in [2.45, 2.75) is 43.7 Å². The van der Waals surface area contributed by atoms with Gasteiger partial charge in [0.05, 0.1) is 28.8 Å². The predicted octanol–water partition coefficient (Wildman–Crippen LogP) is 5.03. The van der Waals surface area contributed by atoms with Crippen molar-refractivity contribution in [2.75, 3.05) is 19.8 Å². The second-order valence-electron chi connectivity index (χ2n) is 10.3. The van der Waals surface area contributed by atoms with E-state index in [0.29, 0.717) is 23.5 Å². The highest BCUT2D eigenvalue weighted by atomic mass is 32.2. The van der Waals surface area contributed by atoms with Crippen LogP contribution in [-0.4, -0.2) is 39.4 Å². The van der Waals surface area contributed by atoms with Crippen molar-refractivity contribution in [3.63, 3.8) is 0 Å². The first kappa shape index (κ1) is 28.3. The van der Waals surface area contributed by atoms with Gasteiger partial charge < -0.3 is 9.47 Å². The first-order valence-electron chi connectivity index (χ1n) is 12.7. The van der Waals surface area contributed by atoms with E-state index in [9.17, 15) is 13.7 Å². The molecule has 1 atom stereocenters. The molecule has 0 aliphatic carbocycles. The van der Waals surface area contributed by atoms with Crippen LogP contribution in [0.5, 0.6) is 5.75 Å². The van der Waals surface area contributed by atoms with E-state index in [1.807, 2.05) is 64.1 Å². The first-order chi connectivity index (χ1) is 18.5. The van der Waals surface area contributed by atoms with E-state index in [2.05, 4.69) is 16.3 Å². The quantitative estimate of drug-likeness (QED) is 0.366. The summed E-state index contributed by atoms with van der Waals surface area (Å²) >= 11 is 0. The zero-order valence-electron chi connectivity index (χ0n) is 22.5. The monoisotopic (exact) mass is 547 g/mol. The van der Waals surface area contributed by atoms with Crippen molar-refractivity contribution in [1.82, 2.24) is 10.2 Å². The number of ether oxygens (including phenoxy) is 2. The lowest BCUT2D eigenvalue weighted by Crippen LogP contribution is -2.41. The van der Waals surface area contributed by atoms with Crippen molar-refractivity contribution in [1.29, 1.82) is 5.26 Å². The normalized spacial score (nSPS) is 17.3. The van der Waals surface area contributed by atoms with E-state index >= 15 is 0 Å². The second kappa shape index (κ2) is 11.6. The second-order valence-corrected chi connectivity index (χ2v) is 12.0. The summed E-state index contributed by atoms with van der Waals surface area (Å²) in [7, 11) is -3.72. The van der Waals surface area contributed by atoms with Crippen LogP contribution in [0.3, 0.4) is 0 Å². The third kappa shape index (κ3) is 7.05. The van der Waals surface area contributed by atoms with Gasteiger partial charge in [0.15, 0.2) is 5.60 Å². The summed E-state index contributed by atoms with van der Waals surface area (Å²) in [5.74, 6) is 0.597. The fourth-order valence-corrected chi connectivity index (χ4v) is 5.82. The molecule has 0 aromatic heterocycles. The molecule has 0 saturated heterocycles. The molecular formula is C30H33N3O5S. The Bertz CT molecular complexity index is 1490. The molecule has 3 aromatic rings. The van der Waals surface area contributed by atoms with Gasteiger partial charge in [-0.25, -0.2) is 13.1 Å². The zero-order valence-corrected chi connectivity index (χ0v) is 23.3. The van der Waals surface area contributed by atoms with Gasteiger partial charge in [0.1, 0.15) is 12.4 Å². The number of hydrogen-bond donors (Lipinski definition) is 2. The van der Waals surface area contributed by atoms with E-state index in [0.717, 1.165) is 16.8 Å². The lowest BCUT2D eigenvalue weighted by atomic mass is 10.0. The maximum atomic E-state index is 13.1. The molecular weight excluding hydrogens is 514 g/mol. The van der Waals surface area contributed by atoms with Gasteiger partial charge in [0, 0.05) is 23.3 Å². The van der Waals surface area contributed by atoms with E-state index in [1.165, 1.54) is 0 Å². The molecule has 0 amide bonds. The molecule has 0 fully saturated rings. The average Bonchev–Trinajstić information content (AvgIpc) is 3.34. The number of hydrogen-bond acceptors (Lipinski definition) is 7. The number of hydroxylamine groups is 1. The number of rotatable bonds is 10. The minimum Gasteiger partial charge on any atom is -0.490 e. The number of nitrogens with one attached hydrogen (secondary N) is 2. The molecule has 39 heavy (non-hydrogen) atoms. The molecule has 9 heteroatoms. The van der Waals surface area contributed by atoms with Crippen LogP contribution in [0.4, 0.5) is 0 Å². The van der Waals surface area contributed by atoms with Crippen LogP contribution < -0.4 is 14.9 Å². The van der Waals surface area contributed by atoms with Gasteiger partial charge in [0.2, 0.25) is 10.0 Å². The van der Waals surface area contributed by atoms with Gasteiger partial charge in [-0.1, -0.05) is 42.5 Å². The Morgan fingerprint density at radius 3 is 2.44 bits per heavy atom. The van der Waals surface area contributed by atoms with E-state index in [1.54, 1.807) is 42.5 Å². The molecule has 0 saturated carbocycles. The molecule has 8 nitrogen and oxygen atoms in total. The maximum Gasteiger partial charge on any atom is 0.241 e. The molecule has 4 rings (SSSR count). The van der Waals surface area contributed by atoms with Crippen molar-refractivity contribution in [2.24, 2.45) is 0 Å². The summed E-state index contributed by atoms with van der Waals surface area (Å²) < 4.78 is 40.6. The van der Waals surface area contributed by atoms with Gasteiger partial charge in [-0.2, -0.15) is 5.26 Å². The number of benzene rings is 3. The summed E-state index contributed by atoms with van der Waals surface area (Å²) in [5, 5.41) is 9.23.